The number of hydrogen-bond acceptors (Lipinski definition) is 4. The summed E-state index contributed by atoms with van der Waals surface area (Å²) in [5, 5.41) is 7.14. The minimum Gasteiger partial charge on any atom is -0.487 e. The van der Waals surface area contributed by atoms with Gasteiger partial charge in [0.2, 0.25) is 5.91 Å². The van der Waals surface area contributed by atoms with Crippen LogP contribution in [0.3, 0.4) is 0 Å². The normalized spacial score (nSPS) is 22.6. The van der Waals surface area contributed by atoms with Gasteiger partial charge in [-0.15, -0.1) is 24.0 Å². The van der Waals surface area contributed by atoms with Crippen LogP contribution < -0.4 is 15.4 Å². The molecule has 178 valence electrons. The van der Waals surface area contributed by atoms with E-state index in [1.165, 1.54) is 18.4 Å². The number of halogens is 1. The van der Waals surface area contributed by atoms with Crippen LogP contribution in [0.2, 0.25) is 0 Å². The molecular formula is C24H38IN5O2. The number of benzene rings is 1. The molecule has 1 aliphatic carbocycles. The van der Waals surface area contributed by atoms with Crippen molar-refractivity contribution in [2.24, 2.45) is 4.99 Å². The summed E-state index contributed by atoms with van der Waals surface area (Å²) < 4.78 is 6.50. The van der Waals surface area contributed by atoms with Crippen LogP contribution in [0, 0.1) is 0 Å². The molecule has 4 rings (SSSR count). The van der Waals surface area contributed by atoms with Crippen molar-refractivity contribution >= 4 is 35.8 Å². The van der Waals surface area contributed by atoms with Gasteiger partial charge in [-0.05, 0) is 38.7 Å². The fourth-order valence-corrected chi connectivity index (χ4v) is 5.15. The third-order valence-corrected chi connectivity index (χ3v) is 6.87. The molecule has 8 heteroatoms. The number of amides is 1. The molecule has 1 aromatic carbocycles. The van der Waals surface area contributed by atoms with Gasteiger partial charge in [0.05, 0.1) is 12.6 Å². The van der Waals surface area contributed by atoms with Crippen LogP contribution in [0.25, 0.3) is 0 Å². The third-order valence-electron chi connectivity index (χ3n) is 6.87. The summed E-state index contributed by atoms with van der Waals surface area (Å²) in [5.74, 6) is 2.07. The Hall–Kier alpha value is -1.55. The molecule has 1 saturated heterocycles. The summed E-state index contributed by atoms with van der Waals surface area (Å²) >= 11 is 0. The molecule has 0 aromatic heterocycles. The second-order valence-corrected chi connectivity index (χ2v) is 9.04. The lowest BCUT2D eigenvalue weighted by atomic mass is 9.86. The zero-order chi connectivity index (χ0) is 21.7. The highest BCUT2D eigenvalue weighted by atomic mass is 127. The van der Waals surface area contributed by atoms with Crippen LogP contribution in [0.5, 0.6) is 5.75 Å². The first-order chi connectivity index (χ1) is 15.1. The molecule has 2 N–H and O–H groups in total. The molecular weight excluding hydrogens is 517 g/mol. The summed E-state index contributed by atoms with van der Waals surface area (Å²) in [5.41, 5.74) is 1.20. The minimum absolute atomic E-state index is 0. The molecule has 1 spiro atoms. The molecule has 1 atom stereocenters. The van der Waals surface area contributed by atoms with Crippen LogP contribution in [-0.2, 0) is 4.79 Å². The second-order valence-electron chi connectivity index (χ2n) is 9.04. The van der Waals surface area contributed by atoms with E-state index in [4.69, 9.17) is 9.73 Å². The van der Waals surface area contributed by atoms with Crippen molar-refractivity contribution in [3.8, 4) is 5.75 Å². The fraction of sp³-hybridized carbons (Fsp3) is 0.667. The Kier molecular flexibility index (Phi) is 9.04. The van der Waals surface area contributed by atoms with E-state index in [2.05, 4.69) is 46.7 Å². The van der Waals surface area contributed by atoms with Crippen molar-refractivity contribution < 1.29 is 9.53 Å². The lowest BCUT2D eigenvalue weighted by Gasteiger charge is -2.40. The van der Waals surface area contributed by atoms with Gasteiger partial charge < -0.3 is 20.3 Å². The number of nitrogens with zero attached hydrogens (tertiary/aromatic N) is 3. The first-order valence-corrected chi connectivity index (χ1v) is 11.9. The maximum absolute atomic E-state index is 11.5. The minimum atomic E-state index is -0.0280. The van der Waals surface area contributed by atoms with Crippen molar-refractivity contribution in [1.29, 1.82) is 0 Å². The number of hydrogen-bond donors (Lipinski definition) is 2. The number of carbonyl (C=O) groups is 1. The molecule has 2 aliphatic heterocycles. The molecule has 0 bridgehead atoms. The zero-order valence-electron chi connectivity index (χ0n) is 19.4. The maximum atomic E-state index is 11.5. The molecule has 1 aromatic rings. The van der Waals surface area contributed by atoms with Crippen molar-refractivity contribution in [2.45, 2.75) is 57.6 Å². The zero-order valence-corrected chi connectivity index (χ0v) is 21.8. The molecule has 32 heavy (non-hydrogen) atoms. The molecule has 1 unspecified atom stereocenters. The summed E-state index contributed by atoms with van der Waals surface area (Å²) in [7, 11) is 0. The number of rotatable bonds is 5. The number of aliphatic imine (C=N–C) groups is 1. The Bertz CT molecular complexity index is 788. The van der Waals surface area contributed by atoms with Crippen LogP contribution in [0.1, 0.15) is 57.6 Å². The summed E-state index contributed by atoms with van der Waals surface area (Å²) in [6.07, 6.45) is 5.76. The quantitative estimate of drug-likeness (QED) is 0.332. The average Bonchev–Trinajstić information content (AvgIpc) is 3.21. The number of guanidine groups is 1. The highest BCUT2D eigenvalue weighted by Gasteiger charge is 2.43. The van der Waals surface area contributed by atoms with Gasteiger partial charge in [0.15, 0.2) is 5.96 Å². The molecule has 7 nitrogen and oxygen atoms in total. The number of fused-ring (bicyclic) bond motifs is 1. The highest BCUT2D eigenvalue weighted by molar-refractivity contribution is 14.0. The average molecular weight is 556 g/mol. The fourth-order valence-electron chi connectivity index (χ4n) is 5.15. The smallest absolute Gasteiger partial charge is 0.219 e. The van der Waals surface area contributed by atoms with Gasteiger partial charge in [-0.1, -0.05) is 18.2 Å². The van der Waals surface area contributed by atoms with Gasteiger partial charge in [0.25, 0.3) is 0 Å². The van der Waals surface area contributed by atoms with E-state index in [0.717, 1.165) is 76.8 Å². The molecule has 1 saturated carbocycles. The van der Waals surface area contributed by atoms with Crippen molar-refractivity contribution in [3.63, 3.8) is 0 Å². The van der Waals surface area contributed by atoms with E-state index >= 15 is 0 Å². The number of ether oxygens (including phenoxy) is 1. The van der Waals surface area contributed by atoms with E-state index in [1.807, 2.05) is 4.90 Å². The monoisotopic (exact) mass is 555 g/mol. The predicted octanol–water partition coefficient (Wildman–Crippen LogP) is 3.16. The molecule has 2 heterocycles. The lowest BCUT2D eigenvalue weighted by Crippen LogP contribution is -2.49. The number of carbonyl (C=O) groups excluding carboxylic acids is 1. The number of para-hydroxylation sites is 1. The summed E-state index contributed by atoms with van der Waals surface area (Å²) in [6, 6.07) is 8.64. The van der Waals surface area contributed by atoms with Gasteiger partial charge in [0.1, 0.15) is 11.4 Å². The Morgan fingerprint density at radius 1 is 1.19 bits per heavy atom. The van der Waals surface area contributed by atoms with Crippen LogP contribution in [0.4, 0.5) is 0 Å². The van der Waals surface area contributed by atoms with Gasteiger partial charge in [-0.2, -0.15) is 0 Å². The van der Waals surface area contributed by atoms with E-state index in [0.29, 0.717) is 0 Å². The molecule has 3 aliphatic rings. The molecule has 0 radical (unpaired) electrons. The SMILES string of the molecule is CCNC(=NCCN1CCN(C(C)=O)CC1)NC1CC2(CCCC2)Oc2ccccc21.I. The predicted molar refractivity (Wildman–Crippen MR) is 139 cm³/mol. The number of nitrogens with one attached hydrogen (secondary N) is 2. The Labute approximate surface area is 209 Å². The Morgan fingerprint density at radius 3 is 2.59 bits per heavy atom. The molecule has 1 amide bonds. The van der Waals surface area contributed by atoms with Crippen LogP contribution in [-0.4, -0.2) is 73.1 Å². The first-order valence-electron chi connectivity index (χ1n) is 11.9. The molecule has 2 fully saturated rings. The largest absolute Gasteiger partial charge is 0.487 e. The lowest BCUT2D eigenvalue weighted by molar-refractivity contribution is -0.130. The van der Waals surface area contributed by atoms with E-state index in [1.54, 1.807) is 6.92 Å². The highest BCUT2D eigenvalue weighted by Crippen LogP contribution is 2.46. The van der Waals surface area contributed by atoms with Crippen LogP contribution >= 0.6 is 24.0 Å². The van der Waals surface area contributed by atoms with Gasteiger partial charge in [-0.25, -0.2) is 0 Å². The Morgan fingerprint density at radius 2 is 1.91 bits per heavy atom. The van der Waals surface area contributed by atoms with Crippen molar-refractivity contribution in [2.75, 3.05) is 45.8 Å². The number of piperazine rings is 1. The topological polar surface area (TPSA) is 69.2 Å². The first kappa shape index (κ1) is 25.1. The standard InChI is InChI=1S/C24H37N5O2.HI/c1-3-25-23(26-12-13-28-14-16-29(17-15-28)19(2)30)27-21-18-24(10-6-7-11-24)31-22-9-5-4-8-20(21)22;/h4-5,8-9,21H,3,6-7,10-18H2,1-2H3,(H2,25,26,27);1H. The van der Waals surface area contributed by atoms with Gasteiger partial charge in [0, 0.05) is 58.2 Å². The van der Waals surface area contributed by atoms with Crippen molar-refractivity contribution in [3.05, 3.63) is 29.8 Å². The van der Waals surface area contributed by atoms with Crippen molar-refractivity contribution in [1.82, 2.24) is 20.4 Å². The van der Waals surface area contributed by atoms with E-state index < -0.39 is 0 Å². The summed E-state index contributed by atoms with van der Waals surface area (Å²) in [4.78, 5) is 20.7. The third kappa shape index (κ3) is 6.07. The maximum Gasteiger partial charge on any atom is 0.219 e. The van der Waals surface area contributed by atoms with Crippen LogP contribution in [0.15, 0.2) is 29.3 Å². The second kappa shape index (κ2) is 11.5. The Balaban J connectivity index is 0.00000289. The van der Waals surface area contributed by atoms with Gasteiger partial charge in [-0.3, -0.25) is 14.7 Å². The van der Waals surface area contributed by atoms with E-state index in [-0.39, 0.29) is 41.5 Å². The van der Waals surface area contributed by atoms with E-state index in [9.17, 15) is 4.79 Å². The summed E-state index contributed by atoms with van der Waals surface area (Å²) in [6.45, 7) is 9.73. The van der Waals surface area contributed by atoms with Gasteiger partial charge >= 0.3 is 0 Å².